The molecule has 3 aromatic carbocycles. The van der Waals surface area contributed by atoms with Gasteiger partial charge in [0.1, 0.15) is 0 Å². The summed E-state index contributed by atoms with van der Waals surface area (Å²) in [6, 6.07) is 24.0. The second kappa shape index (κ2) is 9.15. The number of carbonyl (C=O) groups is 1. The van der Waals surface area contributed by atoms with E-state index in [-0.39, 0.29) is 17.0 Å². The van der Waals surface area contributed by atoms with Gasteiger partial charge >= 0.3 is 0 Å². The average Bonchev–Trinajstić information content (AvgIpc) is 2.75. The first kappa shape index (κ1) is 20.3. The Hall–Kier alpha value is -3.47. The van der Waals surface area contributed by atoms with Crippen molar-refractivity contribution in [2.45, 2.75) is 17.9 Å². The molecule has 0 aliphatic carbocycles. The van der Waals surface area contributed by atoms with Crippen LogP contribution in [-0.4, -0.2) is 14.3 Å². The van der Waals surface area contributed by atoms with Crippen molar-refractivity contribution in [3.05, 3.63) is 95.6 Å². The maximum atomic E-state index is 12.6. The van der Waals surface area contributed by atoms with Crippen LogP contribution in [0.1, 0.15) is 21.5 Å². The predicted octanol–water partition coefficient (Wildman–Crippen LogP) is 3.48. The molecule has 0 saturated heterocycles. The summed E-state index contributed by atoms with van der Waals surface area (Å²) in [7, 11) is -3.76. The molecule has 0 fully saturated rings. The number of sulfonamides is 1. The fourth-order valence-electron chi connectivity index (χ4n) is 2.66. The molecule has 3 aromatic rings. The fourth-order valence-corrected chi connectivity index (χ4v) is 3.73. The molecule has 2 N–H and O–H groups in total. The van der Waals surface area contributed by atoms with Gasteiger partial charge in [-0.3, -0.25) is 4.79 Å². The molecule has 6 nitrogen and oxygen atoms in total. The molecule has 0 aliphatic heterocycles. The second-order valence-electron chi connectivity index (χ2n) is 6.32. The van der Waals surface area contributed by atoms with Gasteiger partial charge in [-0.05, 0) is 41.5 Å². The third kappa shape index (κ3) is 5.51. The van der Waals surface area contributed by atoms with Crippen LogP contribution in [-0.2, 0) is 23.0 Å². The fraction of sp³-hybridized carbons (Fsp3) is 0.0909. The number of anilines is 1. The van der Waals surface area contributed by atoms with E-state index in [2.05, 4.69) is 16.1 Å². The van der Waals surface area contributed by atoms with Gasteiger partial charge in [0.05, 0.1) is 17.4 Å². The van der Waals surface area contributed by atoms with Crippen molar-refractivity contribution in [1.82, 2.24) is 4.72 Å². The lowest BCUT2D eigenvalue weighted by Crippen LogP contribution is -2.23. The van der Waals surface area contributed by atoms with E-state index in [1.807, 2.05) is 30.3 Å². The molecule has 0 heterocycles. The minimum absolute atomic E-state index is 0.0189. The summed E-state index contributed by atoms with van der Waals surface area (Å²) >= 11 is 0. The molecule has 3 rings (SSSR count). The molecule has 7 heteroatoms. The zero-order chi connectivity index (χ0) is 20.7. The summed E-state index contributed by atoms with van der Waals surface area (Å²) in [4.78, 5) is 12.5. The molecule has 0 spiro atoms. The number of carbonyl (C=O) groups excluding carboxylic acids is 1. The van der Waals surface area contributed by atoms with E-state index in [9.17, 15) is 13.2 Å². The number of rotatable bonds is 7. The summed E-state index contributed by atoms with van der Waals surface area (Å²) in [5, 5.41) is 11.4. The van der Waals surface area contributed by atoms with E-state index in [1.54, 1.807) is 30.3 Å². The third-order valence-corrected chi connectivity index (χ3v) is 5.61. The number of hydrogen-bond acceptors (Lipinski definition) is 4. The van der Waals surface area contributed by atoms with Crippen molar-refractivity contribution in [2.75, 3.05) is 5.32 Å². The van der Waals surface area contributed by atoms with Crippen LogP contribution >= 0.6 is 0 Å². The van der Waals surface area contributed by atoms with E-state index < -0.39 is 15.9 Å². The van der Waals surface area contributed by atoms with Gasteiger partial charge in [0, 0.05) is 17.8 Å². The lowest BCUT2D eigenvalue weighted by Gasteiger charge is -2.09. The van der Waals surface area contributed by atoms with Crippen LogP contribution in [0.3, 0.4) is 0 Å². The quantitative estimate of drug-likeness (QED) is 0.629. The maximum absolute atomic E-state index is 12.6. The van der Waals surface area contributed by atoms with Crippen LogP contribution in [0.4, 0.5) is 5.69 Å². The zero-order valence-electron chi connectivity index (χ0n) is 15.5. The third-order valence-electron chi connectivity index (χ3n) is 4.21. The lowest BCUT2D eigenvalue weighted by atomic mass is 10.1. The van der Waals surface area contributed by atoms with Crippen LogP contribution in [0.5, 0.6) is 0 Å². The van der Waals surface area contributed by atoms with Crippen molar-refractivity contribution in [2.24, 2.45) is 0 Å². The number of hydrogen-bond donors (Lipinski definition) is 2. The minimum Gasteiger partial charge on any atom is -0.322 e. The van der Waals surface area contributed by atoms with Crippen LogP contribution in [0, 0.1) is 11.3 Å². The van der Waals surface area contributed by atoms with Gasteiger partial charge in [0.2, 0.25) is 10.0 Å². The number of benzene rings is 3. The van der Waals surface area contributed by atoms with Crippen molar-refractivity contribution in [1.29, 1.82) is 5.26 Å². The Kier molecular flexibility index (Phi) is 6.39. The minimum atomic E-state index is -3.76. The Balaban J connectivity index is 1.70. The summed E-state index contributed by atoms with van der Waals surface area (Å²) in [5.41, 5.74) is 2.48. The molecule has 0 atom stereocenters. The van der Waals surface area contributed by atoms with Crippen LogP contribution in [0.2, 0.25) is 0 Å². The molecule has 146 valence electrons. The SMILES string of the molecule is N#CCc1ccc(NC(=O)c2cccc(S(=O)(=O)NCc3ccccc3)c2)cc1. The Morgan fingerprint density at radius 1 is 0.897 bits per heavy atom. The predicted molar refractivity (Wildman–Crippen MR) is 111 cm³/mol. The largest absolute Gasteiger partial charge is 0.322 e. The average molecular weight is 405 g/mol. The van der Waals surface area contributed by atoms with Gasteiger partial charge in [-0.1, -0.05) is 48.5 Å². The molecule has 29 heavy (non-hydrogen) atoms. The highest BCUT2D eigenvalue weighted by atomic mass is 32.2. The summed E-state index contributed by atoms with van der Waals surface area (Å²) in [6.45, 7) is 0.161. The van der Waals surface area contributed by atoms with Gasteiger partial charge in [-0.15, -0.1) is 0 Å². The Morgan fingerprint density at radius 3 is 2.31 bits per heavy atom. The van der Waals surface area contributed by atoms with Crippen LogP contribution < -0.4 is 10.0 Å². The topological polar surface area (TPSA) is 99.1 Å². The summed E-state index contributed by atoms with van der Waals surface area (Å²) in [5.74, 6) is -0.418. The van der Waals surface area contributed by atoms with E-state index in [0.29, 0.717) is 12.1 Å². The molecule has 0 bridgehead atoms. The standard InChI is InChI=1S/C22H19N3O3S/c23-14-13-17-9-11-20(12-10-17)25-22(26)19-7-4-8-21(15-19)29(27,28)24-16-18-5-2-1-3-6-18/h1-12,15,24H,13,16H2,(H,25,26). The lowest BCUT2D eigenvalue weighted by molar-refractivity contribution is 0.102. The van der Waals surface area contributed by atoms with Gasteiger partial charge < -0.3 is 5.32 Å². The number of nitrogens with zero attached hydrogens (tertiary/aromatic N) is 1. The monoisotopic (exact) mass is 405 g/mol. The number of nitrogens with one attached hydrogen (secondary N) is 2. The molecule has 0 aromatic heterocycles. The van der Waals surface area contributed by atoms with Crippen molar-refractivity contribution < 1.29 is 13.2 Å². The van der Waals surface area contributed by atoms with E-state index in [1.165, 1.54) is 18.2 Å². The van der Waals surface area contributed by atoms with E-state index in [4.69, 9.17) is 5.26 Å². The molecular formula is C22H19N3O3S. The van der Waals surface area contributed by atoms with Crippen molar-refractivity contribution >= 4 is 21.6 Å². The highest BCUT2D eigenvalue weighted by molar-refractivity contribution is 7.89. The number of amides is 1. The van der Waals surface area contributed by atoms with Gasteiger partial charge in [-0.2, -0.15) is 5.26 Å². The summed E-state index contributed by atoms with van der Waals surface area (Å²) < 4.78 is 27.7. The highest BCUT2D eigenvalue weighted by Crippen LogP contribution is 2.15. The maximum Gasteiger partial charge on any atom is 0.255 e. The van der Waals surface area contributed by atoms with Crippen LogP contribution in [0.15, 0.2) is 83.8 Å². The van der Waals surface area contributed by atoms with Crippen molar-refractivity contribution in [3.8, 4) is 6.07 Å². The first-order valence-corrected chi connectivity index (χ1v) is 10.4. The Morgan fingerprint density at radius 2 is 1.62 bits per heavy atom. The van der Waals surface area contributed by atoms with Crippen LogP contribution in [0.25, 0.3) is 0 Å². The van der Waals surface area contributed by atoms with E-state index >= 15 is 0 Å². The van der Waals surface area contributed by atoms with Gasteiger partial charge in [-0.25, -0.2) is 13.1 Å². The van der Waals surface area contributed by atoms with E-state index in [0.717, 1.165) is 11.1 Å². The zero-order valence-corrected chi connectivity index (χ0v) is 16.3. The molecule has 0 saturated carbocycles. The van der Waals surface area contributed by atoms with Gasteiger partial charge in [0.25, 0.3) is 5.91 Å². The Bertz CT molecular complexity index is 1140. The molecular weight excluding hydrogens is 386 g/mol. The first-order chi connectivity index (χ1) is 14.0. The molecule has 0 radical (unpaired) electrons. The smallest absolute Gasteiger partial charge is 0.255 e. The van der Waals surface area contributed by atoms with Gasteiger partial charge in [0.15, 0.2) is 0 Å². The Labute approximate surface area is 169 Å². The number of nitriles is 1. The first-order valence-electron chi connectivity index (χ1n) is 8.89. The normalized spacial score (nSPS) is 10.9. The highest BCUT2D eigenvalue weighted by Gasteiger charge is 2.16. The molecule has 1 amide bonds. The molecule has 0 aliphatic rings. The summed E-state index contributed by atoms with van der Waals surface area (Å²) in [6.07, 6.45) is 0.296. The molecule has 0 unspecified atom stereocenters. The second-order valence-corrected chi connectivity index (χ2v) is 8.09. The van der Waals surface area contributed by atoms with Crippen molar-refractivity contribution in [3.63, 3.8) is 0 Å².